The van der Waals surface area contributed by atoms with Gasteiger partial charge in [-0.2, -0.15) is 0 Å². The van der Waals surface area contributed by atoms with Crippen LogP contribution >= 0.6 is 0 Å². The monoisotopic (exact) mass is 537 g/mol. The van der Waals surface area contributed by atoms with Gasteiger partial charge in [0.15, 0.2) is 0 Å². The van der Waals surface area contributed by atoms with Gasteiger partial charge in [0.25, 0.3) is 0 Å². The van der Waals surface area contributed by atoms with E-state index in [9.17, 15) is 0 Å². The van der Waals surface area contributed by atoms with Gasteiger partial charge < -0.3 is 9.32 Å². The van der Waals surface area contributed by atoms with Gasteiger partial charge in [0, 0.05) is 27.8 Å². The first-order valence-corrected chi connectivity index (χ1v) is 14.3. The molecule has 0 fully saturated rings. The standard InChI is InChI=1S/C40H27NO/c1-3-10-28(11-4-1)29-18-22-33(23-19-29)41(32-13-5-2-6-14-32)34-24-20-30(21-25-34)35-16-9-12-31-26-40-38(27-37(31)35)36-15-7-8-17-39(36)42-40/h1-27H. The van der Waals surface area contributed by atoms with Gasteiger partial charge in [0.1, 0.15) is 11.2 Å². The Morgan fingerprint density at radius 3 is 1.69 bits per heavy atom. The van der Waals surface area contributed by atoms with E-state index in [1.165, 1.54) is 33.0 Å². The van der Waals surface area contributed by atoms with E-state index in [1.54, 1.807) is 0 Å². The molecule has 8 aromatic rings. The summed E-state index contributed by atoms with van der Waals surface area (Å²) in [5, 5.41) is 4.70. The van der Waals surface area contributed by atoms with Crippen LogP contribution in [-0.2, 0) is 0 Å². The zero-order chi connectivity index (χ0) is 27.9. The highest BCUT2D eigenvalue weighted by molar-refractivity contribution is 6.12. The van der Waals surface area contributed by atoms with Gasteiger partial charge in [-0.1, -0.05) is 109 Å². The van der Waals surface area contributed by atoms with Crippen molar-refractivity contribution in [2.75, 3.05) is 4.90 Å². The molecule has 7 aromatic carbocycles. The summed E-state index contributed by atoms with van der Waals surface area (Å²) >= 11 is 0. The van der Waals surface area contributed by atoms with Crippen LogP contribution in [0.4, 0.5) is 17.1 Å². The molecule has 2 nitrogen and oxygen atoms in total. The molecular formula is C40H27NO. The Hall–Kier alpha value is -5.60. The molecule has 0 aliphatic heterocycles. The molecule has 1 aromatic heterocycles. The van der Waals surface area contributed by atoms with Gasteiger partial charge >= 0.3 is 0 Å². The second kappa shape index (κ2) is 10.1. The molecule has 0 N–H and O–H groups in total. The maximum atomic E-state index is 6.16. The highest BCUT2D eigenvalue weighted by atomic mass is 16.3. The Morgan fingerprint density at radius 1 is 0.357 bits per heavy atom. The quantitative estimate of drug-likeness (QED) is 0.217. The number of furan rings is 1. The maximum absolute atomic E-state index is 6.16. The van der Waals surface area contributed by atoms with E-state index >= 15 is 0 Å². The van der Waals surface area contributed by atoms with Crippen LogP contribution in [0.3, 0.4) is 0 Å². The summed E-state index contributed by atoms with van der Waals surface area (Å²) in [6.07, 6.45) is 0. The first kappa shape index (κ1) is 24.2. The number of benzene rings is 7. The molecule has 198 valence electrons. The number of para-hydroxylation sites is 2. The van der Waals surface area contributed by atoms with Gasteiger partial charge in [-0.3, -0.25) is 0 Å². The summed E-state index contributed by atoms with van der Waals surface area (Å²) in [7, 11) is 0. The third kappa shape index (κ3) is 4.22. The number of hydrogen-bond acceptors (Lipinski definition) is 2. The molecule has 2 heteroatoms. The summed E-state index contributed by atoms with van der Waals surface area (Å²) in [6, 6.07) is 58.0. The van der Waals surface area contributed by atoms with Crippen LogP contribution in [-0.4, -0.2) is 0 Å². The van der Waals surface area contributed by atoms with E-state index in [0.717, 1.165) is 39.0 Å². The van der Waals surface area contributed by atoms with Gasteiger partial charge in [-0.05, 0) is 87.6 Å². The number of hydrogen-bond donors (Lipinski definition) is 0. The maximum Gasteiger partial charge on any atom is 0.136 e. The normalized spacial score (nSPS) is 11.3. The lowest BCUT2D eigenvalue weighted by Crippen LogP contribution is -2.09. The molecule has 0 radical (unpaired) electrons. The number of nitrogens with zero attached hydrogens (tertiary/aromatic N) is 1. The van der Waals surface area contributed by atoms with Crippen molar-refractivity contribution in [1.82, 2.24) is 0 Å². The average molecular weight is 538 g/mol. The molecule has 0 unspecified atom stereocenters. The average Bonchev–Trinajstić information content (AvgIpc) is 3.43. The lowest BCUT2D eigenvalue weighted by molar-refractivity contribution is 0.669. The second-order valence-corrected chi connectivity index (χ2v) is 10.6. The van der Waals surface area contributed by atoms with Crippen LogP contribution in [0.15, 0.2) is 168 Å². The fourth-order valence-electron chi connectivity index (χ4n) is 6.00. The summed E-state index contributed by atoms with van der Waals surface area (Å²) in [4.78, 5) is 2.31. The van der Waals surface area contributed by atoms with Crippen molar-refractivity contribution in [3.63, 3.8) is 0 Å². The minimum atomic E-state index is 0.923. The van der Waals surface area contributed by atoms with Crippen LogP contribution in [0.1, 0.15) is 0 Å². The van der Waals surface area contributed by atoms with Gasteiger partial charge in [0.2, 0.25) is 0 Å². The van der Waals surface area contributed by atoms with Crippen LogP contribution in [0, 0.1) is 0 Å². The van der Waals surface area contributed by atoms with Gasteiger partial charge in [0.05, 0.1) is 0 Å². The molecule has 0 bridgehead atoms. The van der Waals surface area contributed by atoms with Gasteiger partial charge in [-0.25, -0.2) is 0 Å². The van der Waals surface area contributed by atoms with E-state index in [4.69, 9.17) is 4.42 Å². The van der Waals surface area contributed by atoms with Crippen molar-refractivity contribution >= 4 is 49.8 Å². The first-order valence-electron chi connectivity index (χ1n) is 14.3. The third-order valence-corrected chi connectivity index (χ3v) is 8.06. The highest BCUT2D eigenvalue weighted by Gasteiger charge is 2.14. The lowest BCUT2D eigenvalue weighted by atomic mass is 9.96. The van der Waals surface area contributed by atoms with E-state index in [2.05, 4.69) is 157 Å². The molecule has 0 aliphatic carbocycles. The predicted octanol–water partition coefficient (Wildman–Crippen LogP) is 11.5. The van der Waals surface area contributed by atoms with E-state index < -0.39 is 0 Å². The number of anilines is 3. The molecule has 1 heterocycles. The van der Waals surface area contributed by atoms with Crippen LogP contribution in [0.5, 0.6) is 0 Å². The van der Waals surface area contributed by atoms with Crippen LogP contribution in [0.25, 0.3) is 55.0 Å². The predicted molar refractivity (Wildman–Crippen MR) is 177 cm³/mol. The molecule has 42 heavy (non-hydrogen) atoms. The molecular weight excluding hydrogens is 510 g/mol. The van der Waals surface area contributed by atoms with E-state index in [1.807, 2.05) is 12.1 Å². The molecule has 0 atom stereocenters. The van der Waals surface area contributed by atoms with Crippen molar-refractivity contribution < 1.29 is 4.42 Å². The Kier molecular flexibility index (Phi) is 5.82. The Balaban J connectivity index is 1.20. The summed E-state index contributed by atoms with van der Waals surface area (Å²) < 4.78 is 6.16. The molecule has 0 aliphatic rings. The minimum Gasteiger partial charge on any atom is -0.456 e. The van der Waals surface area contributed by atoms with Crippen molar-refractivity contribution in [1.29, 1.82) is 0 Å². The SMILES string of the molecule is c1ccc(-c2ccc(N(c3ccccc3)c3ccc(-c4cccc5cc6oc7ccccc7c6cc45)cc3)cc2)cc1. The molecule has 0 saturated heterocycles. The highest BCUT2D eigenvalue weighted by Crippen LogP contribution is 2.39. The molecule has 0 amide bonds. The molecule has 0 spiro atoms. The summed E-state index contributed by atoms with van der Waals surface area (Å²) in [6.45, 7) is 0. The largest absolute Gasteiger partial charge is 0.456 e. The minimum absolute atomic E-state index is 0.923. The lowest BCUT2D eigenvalue weighted by Gasteiger charge is -2.26. The molecule has 0 saturated carbocycles. The second-order valence-electron chi connectivity index (χ2n) is 10.6. The topological polar surface area (TPSA) is 16.4 Å². The zero-order valence-electron chi connectivity index (χ0n) is 22.9. The third-order valence-electron chi connectivity index (χ3n) is 8.06. The fraction of sp³-hybridized carbons (Fsp3) is 0. The van der Waals surface area contributed by atoms with Crippen LogP contribution < -0.4 is 4.90 Å². The number of rotatable bonds is 5. The van der Waals surface area contributed by atoms with Crippen molar-refractivity contribution in [3.8, 4) is 22.3 Å². The summed E-state index contributed by atoms with van der Waals surface area (Å²) in [5.74, 6) is 0. The number of fused-ring (bicyclic) bond motifs is 4. The fourth-order valence-corrected chi connectivity index (χ4v) is 6.00. The van der Waals surface area contributed by atoms with Crippen molar-refractivity contribution in [2.45, 2.75) is 0 Å². The Bertz CT molecular complexity index is 2160. The first-order chi connectivity index (χ1) is 20.8. The smallest absolute Gasteiger partial charge is 0.136 e. The molecule has 8 rings (SSSR count). The Morgan fingerprint density at radius 2 is 0.952 bits per heavy atom. The Labute approximate surface area is 244 Å². The summed E-state index contributed by atoms with van der Waals surface area (Å²) in [5.41, 5.74) is 10.0. The zero-order valence-corrected chi connectivity index (χ0v) is 22.9. The van der Waals surface area contributed by atoms with Crippen molar-refractivity contribution in [2.24, 2.45) is 0 Å². The van der Waals surface area contributed by atoms with Crippen LogP contribution in [0.2, 0.25) is 0 Å². The van der Waals surface area contributed by atoms with Crippen molar-refractivity contribution in [3.05, 3.63) is 164 Å². The van der Waals surface area contributed by atoms with E-state index in [-0.39, 0.29) is 0 Å². The van der Waals surface area contributed by atoms with E-state index in [0.29, 0.717) is 0 Å². The van der Waals surface area contributed by atoms with Gasteiger partial charge in [-0.15, -0.1) is 0 Å².